The van der Waals surface area contributed by atoms with Crippen LogP contribution in [0.15, 0.2) is 0 Å². The standard InChI is InChI=1S/C9H14O10S2/c1-4-5-20(12,13)18-6(8(10)16-2)7(9(11)17-3)19-21(5,14)15/h5-7H,4H2,1-3H3. The summed E-state index contributed by atoms with van der Waals surface area (Å²) in [7, 11) is -7.62. The van der Waals surface area contributed by atoms with Crippen molar-refractivity contribution in [1.82, 2.24) is 0 Å². The van der Waals surface area contributed by atoms with Gasteiger partial charge < -0.3 is 9.47 Å². The van der Waals surface area contributed by atoms with Gasteiger partial charge in [0.25, 0.3) is 20.2 Å². The maximum absolute atomic E-state index is 11.9. The first-order valence-electron chi connectivity index (χ1n) is 5.60. The number of hydrogen-bond acceptors (Lipinski definition) is 10. The van der Waals surface area contributed by atoms with Crippen molar-refractivity contribution in [2.24, 2.45) is 0 Å². The molecule has 0 spiro atoms. The molecule has 1 fully saturated rings. The van der Waals surface area contributed by atoms with Crippen molar-refractivity contribution < 1.29 is 44.3 Å². The Kier molecular flexibility index (Phi) is 5.30. The van der Waals surface area contributed by atoms with Crippen molar-refractivity contribution in [3.05, 3.63) is 0 Å². The van der Waals surface area contributed by atoms with Crippen LogP contribution in [0, 0.1) is 0 Å². The van der Waals surface area contributed by atoms with Crippen molar-refractivity contribution in [2.75, 3.05) is 14.2 Å². The van der Waals surface area contributed by atoms with E-state index in [0.717, 1.165) is 14.2 Å². The van der Waals surface area contributed by atoms with Crippen LogP contribution in [-0.2, 0) is 47.7 Å². The van der Waals surface area contributed by atoms with Crippen LogP contribution in [-0.4, -0.2) is 59.8 Å². The molecule has 1 heterocycles. The molecule has 2 atom stereocenters. The van der Waals surface area contributed by atoms with Crippen LogP contribution in [0.1, 0.15) is 13.3 Å². The molecule has 1 aliphatic heterocycles. The predicted molar refractivity (Wildman–Crippen MR) is 65.7 cm³/mol. The second-order valence-electron chi connectivity index (χ2n) is 3.90. The molecule has 10 nitrogen and oxygen atoms in total. The van der Waals surface area contributed by atoms with Crippen molar-refractivity contribution in [1.29, 1.82) is 0 Å². The molecule has 21 heavy (non-hydrogen) atoms. The van der Waals surface area contributed by atoms with E-state index in [0.29, 0.717) is 0 Å². The van der Waals surface area contributed by atoms with Crippen LogP contribution in [0.3, 0.4) is 0 Å². The number of hydrogen-bond donors (Lipinski definition) is 0. The SMILES string of the molecule is CCC1S(=O)(=O)OC(C(=O)OC)C(C(=O)OC)OS1(=O)=O. The molecule has 2 unspecified atom stereocenters. The molecule has 1 saturated heterocycles. The van der Waals surface area contributed by atoms with E-state index in [1.807, 2.05) is 0 Å². The second-order valence-corrected chi connectivity index (χ2v) is 7.70. The minimum absolute atomic E-state index is 0.396. The lowest BCUT2D eigenvalue weighted by atomic mass is 10.2. The van der Waals surface area contributed by atoms with Crippen molar-refractivity contribution >= 4 is 32.2 Å². The fourth-order valence-electron chi connectivity index (χ4n) is 1.62. The van der Waals surface area contributed by atoms with Crippen LogP contribution < -0.4 is 0 Å². The molecule has 1 aliphatic rings. The first-order valence-corrected chi connectivity index (χ1v) is 8.54. The Morgan fingerprint density at radius 3 is 1.48 bits per heavy atom. The van der Waals surface area contributed by atoms with Gasteiger partial charge in [-0.25, -0.2) is 9.59 Å². The number of methoxy groups -OCH3 is 2. The fourth-order valence-corrected chi connectivity index (χ4v) is 5.05. The van der Waals surface area contributed by atoms with Gasteiger partial charge in [-0.3, -0.25) is 8.37 Å². The third-order valence-electron chi connectivity index (χ3n) is 2.59. The first kappa shape index (κ1) is 17.8. The average Bonchev–Trinajstić information content (AvgIpc) is 2.48. The van der Waals surface area contributed by atoms with Gasteiger partial charge in [-0.1, -0.05) is 6.92 Å². The lowest BCUT2D eigenvalue weighted by molar-refractivity contribution is -0.164. The van der Waals surface area contributed by atoms with Gasteiger partial charge in [-0.2, -0.15) is 16.8 Å². The Bertz CT molecular complexity index is 565. The van der Waals surface area contributed by atoms with Gasteiger partial charge in [-0.05, 0) is 6.42 Å². The summed E-state index contributed by atoms with van der Waals surface area (Å²) in [6.07, 6.45) is -4.62. The first-order chi connectivity index (χ1) is 9.60. The average molecular weight is 346 g/mol. The molecular formula is C9H14O10S2. The number of carbonyl (C=O) groups excluding carboxylic acids is 2. The quantitative estimate of drug-likeness (QED) is 0.438. The zero-order valence-electron chi connectivity index (χ0n) is 11.3. The molecule has 1 rings (SSSR count). The Balaban J connectivity index is 3.44. The Morgan fingerprint density at radius 2 is 1.24 bits per heavy atom. The molecule has 0 N–H and O–H groups in total. The summed E-state index contributed by atoms with van der Waals surface area (Å²) in [6, 6.07) is 0. The van der Waals surface area contributed by atoms with Crippen LogP contribution in [0.4, 0.5) is 0 Å². The normalized spacial score (nSPS) is 30.9. The number of carbonyl (C=O) groups is 2. The molecular weight excluding hydrogens is 332 g/mol. The van der Waals surface area contributed by atoms with E-state index < -0.39 is 55.4 Å². The topological polar surface area (TPSA) is 139 Å². The van der Waals surface area contributed by atoms with E-state index in [1.54, 1.807) is 0 Å². The van der Waals surface area contributed by atoms with E-state index in [2.05, 4.69) is 17.8 Å². The molecule has 0 aromatic heterocycles. The van der Waals surface area contributed by atoms with Crippen molar-refractivity contribution in [2.45, 2.75) is 30.1 Å². The van der Waals surface area contributed by atoms with E-state index in [1.165, 1.54) is 6.92 Å². The maximum Gasteiger partial charge on any atom is 0.340 e. The molecule has 0 amide bonds. The zero-order valence-corrected chi connectivity index (χ0v) is 13.0. The Labute approximate surface area is 121 Å². The minimum atomic E-state index is -4.72. The molecule has 12 heteroatoms. The summed E-state index contributed by atoms with van der Waals surface area (Å²) in [5.74, 6) is -2.58. The van der Waals surface area contributed by atoms with E-state index in [4.69, 9.17) is 0 Å². The zero-order chi connectivity index (χ0) is 16.4. The molecule has 0 aromatic rings. The minimum Gasteiger partial charge on any atom is -0.467 e. The van der Waals surface area contributed by atoms with Gasteiger partial charge >= 0.3 is 11.9 Å². The summed E-state index contributed by atoms with van der Waals surface area (Å²) < 4.78 is 63.1. The van der Waals surface area contributed by atoms with E-state index >= 15 is 0 Å². The van der Waals surface area contributed by atoms with Crippen LogP contribution >= 0.6 is 0 Å². The predicted octanol–water partition coefficient (Wildman–Crippen LogP) is -1.49. The molecule has 0 aromatic carbocycles. The summed E-state index contributed by atoms with van der Waals surface area (Å²) in [5, 5.41) is 0. The monoisotopic (exact) mass is 346 g/mol. The smallest absolute Gasteiger partial charge is 0.340 e. The van der Waals surface area contributed by atoms with Gasteiger partial charge in [0, 0.05) is 0 Å². The highest BCUT2D eigenvalue weighted by molar-refractivity contribution is 8.04. The van der Waals surface area contributed by atoms with Crippen molar-refractivity contribution in [3.63, 3.8) is 0 Å². The number of ether oxygens (including phenoxy) is 2. The third kappa shape index (κ3) is 3.51. The van der Waals surface area contributed by atoms with Crippen LogP contribution in [0.5, 0.6) is 0 Å². The largest absolute Gasteiger partial charge is 0.467 e. The Hall–Kier alpha value is -1.24. The molecule has 0 saturated carbocycles. The molecule has 0 bridgehead atoms. The van der Waals surface area contributed by atoms with E-state index in [9.17, 15) is 26.4 Å². The summed E-state index contributed by atoms with van der Waals surface area (Å²) >= 11 is 0. The highest BCUT2D eigenvalue weighted by atomic mass is 32.3. The highest BCUT2D eigenvalue weighted by Crippen LogP contribution is 2.27. The summed E-state index contributed by atoms with van der Waals surface area (Å²) in [5.41, 5.74) is 0. The van der Waals surface area contributed by atoms with Gasteiger partial charge in [0.2, 0.25) is 16.8 Å². The Morgan fingerprint density at radius 1 is 0.905 bits per heavy atom. The van der Waals surface area contributed by atoms with Crippen LogP contribution in [0.2, 0.25) is 0 Å². The lowest BCUT2D eigenvalue weighted by Gasteiger charge is -2.17. The lowest BCUT2D eigenvalue weighted by Crippen LogP contribution is -2.44. The van der Waals surface area contributed by atoms with Gasteiger partial charge in [-0.15, -0.1) is 0 Å². The van der Waals surface area contributed by atoms with Gasteiger partial charge in [0.1, 0.15) is 0 Å². The highest BCUT2D eigenvalue weighted by Gasteiger charge is 2.53. The van der Waals surface area contributed by atoms with Gasteiger partial charge in [0.05, 0.1) is 14.2 Å². The van der Waals surface area contributed by atoms with Crippen LogP contribution in [0.25, 0.3) is 0 Å². The molecule has 122 valence electrons. The number of esters is 2. The van der Waals surface area contributed by atoms with Gasteiger partial charge in [0.15, 0.2) is 0 Å². The van der Waals surface area contributed by atoms with E-state index in [-0.39, 0.29) is 0 Å². The maximum atomic E-state index is 11.9. The van der Waals surface area contributed by atoms with Crippen molar-refractivity contribution in [3.8, 4) is 0 Å². The summed E-state index contributed by atoms with van der Waals surface area (Å²) in [4.78, 5) is 23.1. The summed E-state index contributed by atoms with van der Waals surface area (Å²) in [6.45, 7) is 1.26. The fraction of sp³-hybridized carbons (Fsp3) is 0.778. The molecule has 0 aliphatic carbocycles. The molecule has 0 radical (unpaired) electrons. The third-order valence-corrected chi connectivity index (χ3v) is 6.91. The second kappa shape index (κ2) is 6.25. The number of rotatable bonds is 3.